The Balaban J connectivity index is 1.51. The van der Waals surface area contributed by atoms with E-state index in [-0.39, 0.29) is 36.3 Å². The highest BCUT2D eigenvalue weighted by atomic mass is 19.4. The van der Waals surface area contributed by atoms with Crippen LogP contribution in [0.15, 0.2) is 59.4 Å². The number of hydrogen-bond donors (Lipinski definition) is 0. The predicted octanol–water partition coefficient (Wildman–Crippen LogP) is 5.53. The van der Waals surface area contributed by atoms with Gasteiger partial charge in [-0.3, -0.25) is 4.79 Å². The van der Waals surface area contributed by atoms with Crippen molar-refractivity contribution in [3.05, 3.63) is 98.3 Å². The number of hydrogen-bond acceptors (Lipinski definition) is 6. The number of ether oxygens (including phenoxy) is 2. The lowest BCUT2D eigenvalue weighted by atomic mass is 9.85. The molecule has 2 aromatic heterocycles. The van der Waals surface area contributed by atoms with Crippen molar-refractivity contribution < 1.29 is 32.2 Å². The van der Waals surface area contributed by atoms with Crippen molar-refractivity contribution in [1.82, 2.24) is 9.55 Å². The van der Waals surface area contributed by atoms with Gasteiger partial charge in [-0.2, -0.15) is 13.2 Å². The van der Waals surface area contributed by atoms with Crippen molar-refractivity contribution in [1.29, 1.82) is 0 Å². The molecule has 40 heavy (non-hydrogen) atoms. The number of esters is 2. The van der Waals surface area contributed by atoms with Gasteiger partial charge in [-0.15, -0.1) is 0 Å². The summed E-state index contributed by atoms with van der Waals surface area (Å²) in [5.41, 5.74) is 0.254. The summed E-state index contributed by atoms with van der Waals surface area (Å²) in [5.74, 6) is -2.04. The maximum atomic E-state index is 13.8. The third kappa shape index (κ3) is 3.73. The summed E-state index contributed by atoms with van der Waals surface area (Å²) >= 11 is 0. The van der Waals surface area contributed by atoms with Gasteiger partial charge >= 0.3 is 18.1 Å². The average Bonchev–Trinajstić information content (AvgIpc) is 3.31. The summed E-state index contributed by atoms with van der Waals surface area (Å²) in [5, 5.41) is 0.991. The number of benzene rings is 2. The first kappa shape index (κ1) is 25.8. The number of fused-ring (bicyclic) bond motifs is 5. The minimum atomic E-state index is -4.67. The van der Waals surface area contributed by atoms with Crippen molar-refractivity contribution in [2.45, 2.75) is 51.6 Å². The molecule has 0 bridgehead atoms. The molecule has 10 heteroatoms. The topological polar surface area (TPSA) is 87.5 Å². The molecule has 0 N–H and O–H groups in total. The van der Waals surface area contributed by atoms with Crippen LogP contribution in [0.25, 0.3) is 22.3 Å². The minimum absolute atomic E-state index is 0.107. The lowest BCUT2D eigenvalue weighted by Crippen LogP contribution is -2.47. The number of alkyl halides is 3. The van der Waals surface area contributed by atoms with Crippen LogP contribution in [0.1, 0.15) is 58.4 Å². The zero-order chi connectivity index (χ0) is 28.4. The van der Waals surface area contributed by atoms with Gasteiger partial charge in [0.25, 0.3) is 5.56 Å². The van der Waals surface area contributed by atoms with Crippen molar-refractivity contribution in [3.8, 4) is 11.4 Å². The first-order valence-electron chi connectivity index (χ1n) is 12.8. The fourth-order valence-electron chi connectivity index (χ4n) is 5.71. The molecule has 7 nitrogen and oxygen atoms in total. The third-order valence-electron chi connectivity index (χ3n) is 7.73. The zero-order valence-corrected chi connectivity index (χ0v) is 21.6. The predicted molar refractivity (Wildman–Crippen MR) is 139 cm³/mol. The Morgan fingerprint density at radius 1 is 1.07 bits per heavy atom. The largest absolute Gasteiger partial charge is 0.457 e. The molecular formula is C30H23F3N2O5. The highest BCUT2D eigenvalue weighted by molar-refractivity contribution is 5.94. The van der Waals surface area contributed by atoms with Gasteiger partial charge in [-0.1, -0.05) is 38.1 Å². The van der Waals surface area contributed by atoms with Gasteiger partial charge in [0.1, 0.15) is 6.61 Å². The van der Waals surface area contributed by atoms with Gasteiger partial charge in [0.2, 0.25) is 5.60 Å². The number of carbonyl (C=O) groups is 2. The van der Waals surface area contributed by atoms with Crippen LogP contribution in [0.2, 0.25) is 0 Å². The summed E-state index contributed by atoms with van der Waals surface area (Å²) in [6.07, 6.45) is -4.07. The lowest BCUT2D eigenvalue weighted by molar-refractivity contribution is -0.173. The van der Waals surface area contributed by atoms with Gasteiger partial charge in [-0.25, -0.2) is 14.6 Å². The summed E-state index contributed by atoms with van der Waals surface area (Å²) in [6.45, 7) is 3.58. The van der Waals surface area contributed by atoms with Crippen LogP contribution < -0.4 is 5.56 Å². The van der Waals surface area contributed by atoms with E-state index in [4.69, 9.17) is 14.5 Å². The van der Waals surface area contributed by atoms with Crippen LogP contribution in [-0.4, -0.2) is 21.5 Å². The van der Waals surface area contributed by atoms with Crippen LogP contribution in [0.4, 0.5) is 13.2 Å². The molecule has 0 unspecified atom stereocenters. The third-order valence-corrected chi connectivity index (χ3v) is 7.73. The number of halogens is 3. The summed E-state index contributed by atoms with van der Waals surface area (Å²) in [7, 11) is 0. The molecule has 0 saturated heterocycles. The Bertz CT molecular complexity index is 1790. The zero-order valence-electron chi connectivity index (χ0n) is 21.6. The van der Waals surface area contributed by atoms with Gasteiger partial charge in [0.15, 0.2) is 0 Å². The molecule has 4 aromatic rings. The molecule has 0 spiro atoms. The Hall–Kier alpha value is -4.47. The first-order valence-corrected chi connectivity index (χ1v) is 12.8. The normalized spacial score (nSPS) is 17.7. The van der Waals surface area contributed by atoms with E-state index in [1.165, 1.54) is 6.07 Å². The summed E-state index contributed by atoms with van der Waals surface area (Å²) in [6, 6.07) is 13.1. The number of nitrogens with zero attached hydrogens (tertiary/aromatic N) is 2. The van der Waals surface area contributed by atoms with Gasteiger partial charge < -0.3 is 14.0 Å². The Kier molecular flexibility index (Phi) is 5.83. The molecule has 0 aliphatic carbocycles. The quantitative estimate of drug-likeness (QED) is 0.275. The van der Waals surface area contributed by atoms with E-state index in [2.05, 4.69) is 0 Å². The van der Waals surface area contributed by atoms with E-state index >= 15 is 0 Å². The highest BCUT2D eigenvalue weighted by Crippen LogP contribution is 2.42. The number of para-hydroxylation sites is 1. The van der Waals surface area contributed by atoms with Crippen LogP contribution in [0.5, 0.6) is 0 Å². The number of aryl methyl sites for hydroxylation is 1. The van der Waals surface area contributed by atoms with Crippen molar-refractivity contribution in [3.63, 3.8) is 0 Å². The number of cyclic esters (lactones) is 1. The summed E-state index contributed by atoms with van der Waals surface area (Å²) in [4.78, 5) is 45.0. The van der Waals surface area contributed by atoms with Crippen LogP contribution in [0.3, 0.4) is 0 Å². The molecule has 2 aliphatic heterocycles. The van der Waals surface area contributed by atoms with Crippen LogP contribution in [-0.2, 0) is 45.6 Å². The Labute approximate surface area is 226 Å². The molecule has 0 saturated carbocycles. The smallest absolute Gasteiger partial charge is 0.416 e. The minimum Gasteiger partial charge on any atom is -0.457 e. The van der Waals surface area contributed by atoms with E-state index in [0.717, 1.165) is 34.2 Å². The first-order chi connectivity index (χ1) is 19.1. The van der Waals surface area contributed by atoms with E-state index < -0.39 is 34.8 Å². The van der Waals surface area contributed by atoms with Crippen LogP contribution in [0, 0.1) is 0 Å². The number of aromatic nitrogens is 2. The second-order valence-corrected chi connectivity index (χ2v) is 9.83. The standard InChI is InChI=1S/C30H23F3N2O5/c1-3-18-19-10-5-6-11-23(19)34-25-20(18)14-35-24(25)13-22-21(26(35)36)15-39-28(38)29(22,4-2)40-27(37)16-8-7-9-17(12-16)30(31,32)33/h5-13H,3-4,14-15H2,1-2H3/t29-/m0/s1. The van der Waals surface area contributed by atoms with Gasteiger partial charge in [-0.05, 0) is 48.7 Å². The van der Waals surface area contributed by atoms with Crippen molar-refractivity contribution in [2.75, 3.05) is 0 Å². The lowest BCUT2D eigenvalue weighted by Gasteiger charge is -2.35. The SMILES string of the molecule is CCc1c2c(nc3ccccc13)-c1cc3c(c(=O)n1C2)COC(=O)[C@@]3(CC)OC(=O)c1cccc(C(F)(F)F)c1. The Morgan fingerprint density at radius 2 is 1.85 bits per heavy atom. The number of rotatable bonds is 4. The van der Waals surface area contributed by atoms with E-state index in [9.17, 15) is 27.6 Å². The van der Waals surface area contributed by atoms with Gasteiger partial charge in [0, 0.05) is 16.5 Å². The maximum Gasteiger partial charge on any atom is 0.416 e. The number of pyridine rings is 2. The molecule has 0 amide bonds. The average molecular weight is 549 g/mol. The van der Waals surface area contributed by atoms with Crippen LogP contribution >= 0.6 is 0 Å². The molecule has 1 atom stereocenters. The Morgan fingerprint density at radius 3 is 2.58 bits per heavy atom. The van der Waals surface area contributed by atoms with Gasteiger partial charge in [0.05, 0.1) is 40.1 Å². The molecule has 0 fully saturated rings. The fourth-order valence-corrected chi connectivity index (χ4v) is 5.71. The molecular weight excluding hydrogens is 525 g/mol. The maximum absolute atomic E-state index is 13.8. The fraction of sp³-hybridized carbons (Fsp3) is 0.267. The second kappa shape index (κ2) is 9.04. The monoisotopic (exact) mass is 548 g/mol. The van der Waals surface area contributed by atoms with E-state index in [0.29, 0.717) is 23.9 Å². The molecule has 4 heterocycles. The number of carbonyl (C=O) groups excluding carboxylic acids is 2. The highest BCUT2D eigenvalue weighted by Gasteiger charge is 2.50. The molecule has 2 aliphatic rings. The molecule has 204 valence electrons. The van der Waals surface area contributed by atoms with Crippen molar-refractivity contribution in [2.24, 2.45) is 0 Å². The summed E-state index contributed by atoms with van der Waals surface area (Å²) < 4.78 is 52.4. The molecule has 2 aromatic carbocycles. The van der Waals surface area contributed by atoms with Crippen molar-refractivity contribution >= 4 is 22.8 Å². The second-order valence-electron chi connectivity index (χ2n) is 9.83. The van der Waals surface area contributed by atoms with E-state index in [1.54, 1.807) is 17.6 Å². The van der Waals surface area contributed by atoms with E-state index in [1.807, 2.05) is 31.2 Å². The molecule has 0 radical (unpaired) electrons. The molecule has 6 rings (SSSR count).